The minimum atomic E-state index is -0.352. The number of methoxy groups -OCH3 is 1. The number of fused-ring (bicyclic) bond motifs is 1. The van der Waals surface area contributed by atoms with Crippen LogP contribution in [0.25, 0.3) is 0 Å². The Kier molecular flexibility index (Phi) is 2.83. The van der Waals surface area contributed by atoms with Gasteiger partial charge in [0.2, 0.25) is 0 Å². The Hall–Kier alpha value is -0.160. The van der Waals surface area contributed by atoms with Crippen molar-refractivity contribution in [1.82, 2.24) is 0 Å². The Labute approximate surface area is 77.8 Å². The van der Waals surface area contributed by atoms with Gasteiger partial charge in [0.15, 0.2) is 6.29 Å². The second-order valence-electron chi connectivity index (χ2n) is 3.72. The fourth-order valence-corrected chi connectivity index (χ4v) is 2.17. The van der Waals surface area contributed by atoms with Gasteiger partial charge in [-0.1, -0.05) is 0 Å². The Morgan fingerprint density at radius 2 is 2.15 bits per heavy atom. The van der Waals surface area contributed by atoms with Crippen molar-refractivity contribution in [3.8, 4) is 0 Å². The third-order valence-electron chi connectivity index (χ3n) is 2.90. The first-order chi connectivity index (χ1) is 6.33. The third kappa shape index (κ3) is 1.72. The molecule has 0 amide bonds. The van der Waals surface area contributed by atoms with Crippen LogP contribution in [0.15, 0.2) is 0 Å². The van der Waals surface area contributed by atoms with Crippen molar-refractivity contribution in [3.05, 3.63) is 0 Å². The maximum atomic E-state index is 9.62. The highest BCUT2D eigenvalue weighted by Crippen LogP contribution is 2.37. The fraction of sp³-hybridized carbons (Fsp3) is 1.00. The van der Waals surface area contributed by atoms with Crippen LogP contribution in [0.2, 0.25) is 0 Å². The standard InChI is InChI=1S/C9H16O4/c1-11-3-2-6-4-12-9-8(6)7(10)5-13-9/h6-10H,2-5H2,1H3/t6-,7?,8-,9?/m1/s1. The van der Waals surface area contributed by atoms with E-state index in [1.54, 1.807) is 7.11 Å². The predicted molar refractivity (Wildman–Crippen MR) is 45.2 cm³/mol. The summed E-state index contributed by atoms with van der Waals surface area (Å²) in [5.74, 6) is 0.553. The summed E-state index contributed by atoms with van der Waals surface area (Å²) in [4.78, 5) is 0. The summed E-state index contributed by atoms with van der Waals surface area (Å²) >= 11 is 0. The van der Waals surface area contributed by atoms with Gasteiger partial charge in [0.05, 0.1) is 19.3 Å². The topological polar surface area (TPSA) is 47.9 Å². The third-order valence-corrected chi connectivity index (χ3v) is 2.90. The number of hydrogen-bond acceptors (Lipinski definition) is 4. The molecule has 0 aliphatic carbocycles. The monoisotopic (exact) mass is 188 g/mol. The Morgan fingerprint density at radius 1 is 1.38 bits per heavy atom. The van der Waals surface area contributed by atoms with E-state index >= 15 is 0 Å². The van der Waals surface area contributed by atoms with Gasteiger partial charge in [0.1, 0.15) is 0 Å². The minimum absolute atomic E-state index is 0.162. The summed E-state index contributed by atoms with van der Waals surface area (Å²) in [7, 11) is 1.69. The molecule has 1 N–H and O–H groups in total. The SMILES string of the molecule is COCC[C@@H]1COC2OCC(O)[C@H]21. The van der Waals surface area contributed by atoms with E-state index in [0.717, 1.165) is 13.0 Å². The maximum absolute atomic E-state index is 9.62. The van der Waals surface area contributed by atoms with E-state index in [0.29, 0.717) is 19.1 Å². The van der Waals surface area contributed by atoms with Gasteiger partial charge in [-0.05, 0) is 12.3 Å². The van der Waals surface area contributed by atoms with Crippen LogP contribution in [-0.2, 0) is 14.2 Å². The van der Waals surface area contributed by atoms with E-state index in [9.17, 15) is 5.11 Å². The van der Waals surface area contributed by atoms with Crippen molar-refractivity contribution in [3.63, 3.8) is 0 Å². The molecule has 0 aromatic heterocycles. The molecule has 0 spiro atoms. The quantitative estimate of drug-likeness (QED) is 0.677. The van der Waals surface area contributed by atoms with E-state index in [1.165, 1.54) is 0 Å². The molecular formula is C9H16O4. The average molecular weight is 188 g/mol. The van der Waals surface area contributed by atoms with Gasteiger partial charge in [-0.25, -0.2) is 0 Å². The van der Waals surface area contributed by atoms with Gasteiger partial charge in [-0.3, -0.25) is 0 Å². The molecule has 76 valence electrons. The lowest BCUT2D eigenvalue weighted by molar-refractivity contribution is -0.0909. The number of ether oxygens (including phenoxy) is 3. The van der Waals surface area contributed by atoms with Crippen molar-refractivity contribution >= 4 is 0 Å². The van der Waals surface area contributed by atoms with Crippen molar-refractivity contribution in [1.29, 1.82) is 0 Å². The van der Waals surface area contributed by atoms with Gasteiger partial charge in [-0.2, -0.15) is 0 Å². The molecule has 0 bridgehead atoms. The first-order valence-corrected chi connectivity index (χ1v) is 4.73. The second kappa shape index (κ2) is 3.92. The number of rotatable bonds is 3. The molecule has 0 aromatic rings. The van der Waals surface area contributed by atoms with Crippen molar-refractivity contribution in [2.24, 2.45) is 11.8 Å². The van der Waals surface area contributed by atoms with Crippen LogP contribution in [-0.4, -0.2) is 44.4 Å². The zero-order valence-electron chi connectivity index (χ0n) is 7.81. The van der Waals surface area contributed by atoms with E-state index in [2.05, 4.69) is 0 Å². The van der Waals surface area contributed by atoms with Crippen LogP contribution >= 0.6 is 0 Å². The molecule has 2 aliphatic rings. The zero-order chi connectivity index (χ0) is 9.26. The molecule has 2 fully saturated rings. The lowest BCUT2D eigenvalue weighted by Crippen LogP contribution is -2.26. The largest absolute Gasteiger partial charge is 0.390 e. The summed E-state index contributed by atoms with van der Waals surface area (Å²) in [6.45, 7) is 1.83. The van der Waals surface area contributed by atoms with Crippen LogP contribution in [0, 0.1) is 11.8 Å². The average Bonchev–Trinajstić information content (AvgIpc) is 2.67. The van der Waals surface area contributed by atoms with Gasteiger partial charge < -0.3 is 19.3 Å². The van der Waals surface area contributed by atoms with Crippen molar-refractivity contribution in [2.75, 3.05) is 26.9 Å². The summed E-state index contributed by atoms with van der Waals surface area (Å²) in [5.41, 5.74) is 0. The molecular weight excluding hydrogens is 172 g/mol. The first kappa shape index (κ1) is 9.40. The highest BCUT2D eigenvalue weighted by Gasteiger charge is 2.46. The molecule has 0 saturated carbocycles. The maximum Gasteiger partial charge on any atom is 0.163 e. The van der Waals surface area contributed by atoms with E-state index in [-0.39, 0.29) is 18.3 Å². The van der Waals surface area contributed by atoms with Crippen molar-refractivity contribution in [2.45, 2.75) is 18.8 Å². The Morgan fingerprint density at radius 3 is 2.92 bits per heavy atom. The lowest BCUT2D eigenvalue weighted by Gasteiger charge is -2.17. The van der Waals surface area contributed by atoms with Crippen molar-refractivity contribution < 1.29 is 19.3 Å². The molecule has 4 atom stereocenters. The van der Waals surface area contributed by atoms with E-state index in [1.807, 2.05) is 0 Å². The summed E-state index contributed by atoms with van der Waals surface area (Å²) in [6.07, 6.45) is 0.421. The molecule has 2 aliphatic heterocycles. The lowest BCUT2D eigenvalue weighted by atomic mass is 9.89. The highest BCUT2D eigenvalue weighted by molar-refractivity contribution is 4.88. The number of aliphatic hydroxyl groups is 1. The normalized spacial score (nSPS) is 43.8. The molecule has 0 aromatic carbocycles. The first-order valence-electron chi connectivity index (χ1n) is 4.73. The highest BCUT2D eigenvalue weighted by atomic mass is 16.7. The molecule has 13 heavy (non-hydrogen) atoms. The second-order valence-corrected chi connectivity index (χ2v) is 3.72. The van der Waals surface area contributed by atoms with E-state index in [4.69, 9.17) is 14.2 Å². The number of aliphatic hydroxyl groups excluding tert-OH is 1. The van der Waals surface area contributed by atoms with Crippen LogP contribution in [0.4, 0.5) is 0 Å². The zero-order valence-corrected chi connectivity index (χ0v) is 7.81. The fourth-order valence-electron chi connectivity index (χ4n) is 2.17. The Balaban J connectivity index is 1.90. The van der Waals surface area contributed by atoms with Crippen LogP contribution in [0.5, 0.6) is 0 Å². The van der Waals surface area contributed by atoms with Crippen LogP contribution < -0.4 is 0 Å². The van der Waals surface area contributed by atoms with Crippen LogP contribution in [0.3, 0.4) is 0 Å². The molecule has 2 heterocycles. The predicted octanol–water partition coefficient (Wildman–Crippen LogP) is 0.00270. The molecule has 2 rings (SSSR count). The summed E-state index contributed by atoms with van der Waals surface area (Å²) < 4.78 is 15.7. The summed E-state index contributed by atoms with van der Waals surface area (Å²) in [6, 6.07) is 0. The Bertz CT molecular complexity index is 173. The number of hydrogen-bond donors (Lipinski definition) is 1. The van der Waals surface area contributed by atoms with E-state index < -0.39 is 0 Å². The van der Waals surface area contributed by atoms with Gasteiger partial charge in [0.25, 0.3) is 0 Å². The molecule has 4 heteroatoms. The van der Waals surface area contributed by atoms with Gasteiger partial charge in [0, 0.05) is 19.6 Å². The smallest absolute Gasteiger partial charge is 0.163 e. The minimum Gasteiger partial charge on any atom is -0.390 e. The molecule has 2 saturated heterocycles. The molecule has 4 nitrogen and oxygen atoms in total. The van der Waals surface area contributed by atoms with Gasteiger partial charge in [-0.15, -0.1) is 0 Å². The summed E-state index contributed by atoms with van der Waals surface area (Å²) in [5, 5.41) is 9.62. The molecule has 0 radical (unpaired) electrons. The molecule has 2 unspecified atom stereocenters. The van der Waals surface area contributed by atoms with Crippen LogP contribution in [0.1, 0.15) is 6.42 Å². The van der Waals surface area contributed by atoms with Gasteiger partial charge >= 0.3 is 0 Å².